The van der Waals surface area contributed by atoms with Crippen molar-refractivity contribution in [3.05, 3.63) is 76.5 Å². The zero-order valence-electron chi connectivity index (χ0n) is 11.7. The van der Waals surface area contributed by atoms with Crippen LogP contribution in [0.3, 0.4) is 0 Å². The Balaban J connectivity index is 1.79. The fourth-order valence-electron chi connectivity index (χ4n) is 2.21. The van der Waals surface area contributed by atoms with Gasteiger partial charge in [-0.1, -0.05) is 48.5 Å². The maximum absolute atomic E-state index is 6.01. The molecular formula is C18H17NOS. The number of hydrogen-bond donors (Lipinski definition) is 1. The highest BCUT2D eigenvalue weighted by Gasteiger charge is 2.06. The van der Waals surface area contributed by atoms with Gasteiger partial charge in [0.05, 0.1) is 0 Å². The molecule has 2 aromatic carbocycles. The minimum Gasteiger partial charge on any atom is -0.487 e. The molecule has 0 aliphatic rings. The van der Waals surface area contributed by atoms with Gasteiger partial charge in [0, 0.05) is 21.9 Å². The van der Waals surface area contributed by atoms with Crippen molar-refractivity contribution in [1.29, 1.82) is 0 Å². The van der Waals surface area contributed by atoms with E-state index in [1.165, 1.54) is 15.3 Å². The van der Waals surface area contributed by atoms with Crippen LogP contribution in [-0.4, -0.2) is 0 Å². The van der Waals surface area contributed by atoms with E-state index in [9.17, 15) is 0 Å². The Hall–Kier alpha value is -2.10. The fourth-order valence-corrected chi connectivity index (χ4v) is 3.02. The molecule has 3 aromatic rings. The van der Waals surface area contributed by atoms with Crippen LogP contribution in [0.2, 0.25) is 0 Å². The van der Waals surface area contributed by atoms with Crippen LogP contribution in [0.4, 0.5) is 0 Å². The summed E-state index contributed by atoms with van der Waals surface area (Å²) < 4.78 is 6.01. The second-order valence-electron chi connectivity index (χ2n) is 4.72. The van der Waals surface area contributed by atoms with E-state index >= 15 is 0 Å². The van der Waals surface area contributed by atoms with Crippen LogP contribution in [0.25, 0.3) is 11.1 Å². The van der Waals surface area contributed by atoms with Gasteiger partial charge in [0.25, 0.3) is 0 Å². The first-order valence-electron chi connectivity index (χ1n) is 6.92. The third-order valence-electron chi connectivity index (χ3n) is 3.26. The summed E-state index contributed by atoms with van der Waals surface area (Å²) in [6.07, 6.45) is 0. The third-order valence-corrected chi connectivity index (χ3v) is 4.34. The lowest BCUT2D eigenvalue weighted by atomic mass is 10.1. The van der Waals surface area contributed by atoms with Gasteiger partial charge in [-0.2, -0.15) is 0 Å². The molecule has 2 N–H and O–H groups in total. The smallest absolute Gasteiger partial charge is 0.127 e. The van der Waals surface area contributed by atoms with E-state index in [2.05, 4.69) is 30.3 Å². The van der Waals surface area contributed by atoms with E-state index in [4.69, 9.17) is 10.5 Å². The minimum atomic E-state index is 0.578. The molecule has 0 unspecified atom stereocenters. The van der Waals surface area contributed by atoms with Gasteiger partial charge in [-0.25, -0.2) is 0 Å². The molecule has 106 valence electrons. The van der Waals surface area contributed by atoms with Gasteiger partial charge in [0.1, 0.15) is 12.4 Å². The Bertz CT molecular complexity index is 706. The van der Waals surface area contributed by atoms with Crippen LogP contribution >= 0.6 is 11.3 Å². The molecule has 0 aliphatic heterocycles. The summed E-state index contributed by atoms with van der Waals surface area (Å²) >= 11 is 1.70. The van der Waals surface area contributed by atoms with Crippen LogP contribution in [0.1, 0.15) is 9.75 Å². The van der Waals surface area contributed by atoms with Gasteiger partial charge in [0.2, 0.25) is 0 Å². The first kappa shape index (κ1) is 13.9. The first-order valence-corrected chi connectivity index (χ1v) is 7.73. The Morgan fingerprint density at radius 1 is 0.810 bits per heavy atom. The molecule has 0 fully saturated rings. The lowest BCUT2D eigenvalue weighted by Gasteiger charge is -2.10. The van der Waals surface area contributed by atoms with Gasteiger partial charge < -0.3 is 10.5 Å². The third kappa shape index (κ3) is 3.32. The molecule has 3 heteroatoms. The second-order valence-corrected chi connectivity index (χ2v) is 5.98. The normalized spacial score (nSPS) is 10.5. The SMILES string of the molecule is NCc1ccc(COc2ccccc2-c2ccccc2)s1. The largest absolute Gasteiger partial charge is 0.487 e. The Morgan fingerprint density at radius 2 is 1.52 bits per heavy atom. The summed E-state index contributed by atoms with van der Waals surface area (Å²) in [4.78, 5) is 2.38. The molecule has 21 heavy (non-hydrogen) atoms. The number of thiophene rings is 1. The van der Waals surface area contributed by atoms with E-state index in [1.54, 1.807) is 11.3 Å². The summed E-state index contributed by atoms with van der Waals surface area (Å²) in [7, 11) is 0. The van der Waals surface area contributed by atoms with Crippen LogP contribution in [0.5, 0.6) is 5.75 Å². The van der Waals surface area contributed by atoms with Crippen molar-refractivity contribution < 1.29 is 4.74 Å². The summed E-state index contributed by atoms with van der Waals surface area (Å²) in [5, 5.41) is 0. The molecule has 0 spiro atoms. The fraction of sp³-hybridized carbons (Fsp3) is 0.111. The van der Waals surface area contributed by atoms with Crippen molar-refractivity contribution in [3.8, 4) is 16.9 Å². The number of nitrogens with two attached hydrogens (primary N) is 1. The summed E-state index contributed by atoms with van der Waals surface area (Å²) in [5.41, 5.74) is 7.93. The molecule has 1 aromatic heterocycles. The molecule has 3 rings (SSSR count). The summed E-state index contributed by atoms with van der Waals surface area (Å²) in [5.74, 6) is 0.909. The molecule has 0 aliphatic carbocycles. The average Bonchev–Trinajstić information content (AvgIpc) is 3.02. The van der Waals surface area contributed by atoms with Gasteiger partial charge in [-0.3, -0.25) is 0 Å². The highest BCUT2D eigenvalue weighted by molar-refractivity contribution is 7.11. The zero-order valence-corrected chi connectivity index (χ0v) is 12.5. The molecule has 0 amide bonds. The Labute approximate surface area is 128 Å². The number of para-hydroxylation sites is 1. The van der Waals surface area contributed by atoms with Gasteiger partial charge in [-0.15, -0.1) is 11.3 Å². The van der Waals surface area contributed by atoms with Crippen LogP contribution in [-0.2, 0) is 13.2 Å². The van der Waals surface area contributed by atoms with Gasteiger partial charge >= 0.3 is 0 Å². The molecule has 0 saturated carbocycles. The summed E-state index contributed by atoms with van der Waals surface area (Å²) in [6.45, 7) is 1.17. The number of ether oxygens (including phenoxy) is 1. The van der Waals surface area contributed by atoms with Crippen LogP contribution in [0.15, 0.2) is 66.7 Å². The van der Waals surface area contributed by atoms with Crippen molar-refractivity contribution in [3.63, 3.8) is 0 Å². The molecule has 0 saturated heterocycles. The van der Waals surface area contributed by atoms with Crippen molar-refractivity contribution >= 4 is 11.3 Å². The molecule has 0 bridgehead atoms. The second kappa shape index (κ2) is 6.57. The molecule has 0 radical (unpaired) electrons. The van der Waals surface area contributed by atoms with Crippen molar-refractivity contribution in [1.82, 2.24) is 0 Å². The van der Waals surface area contributed by atoms with Crippen LogP contribution in [0, 0.1) is 0 Å². The molecular weight excluding hydrogens is 278 g/mol. The summed E-state index contributed by atoms with van der Waals surface area (Å²) in [6, 6.07) is 22.6. The van der Waals surface area contributed by atoms with Gasteiger partial charge in [0.15, 0.2) is 0 Å². The van der Waals surface area contributed by atoms with Crippen molar-refractivity contribution in [2.45, 2.75) is 13.2 Å². The number of hydrogen-bond acceptors (Lipinski definition) is 3. The highest BCUT2D eigenvalue weighted by atomic mass is 32.1. The van der Waals surface area contributed by atoms with E-state index in [1.807, 2.05) is 36.4 Å². The van der Waals surface area contributed by atoms with E-state index in [-0.39, 0.29) is 0 Å². The van der Waals surface area contributed by atoms with Gasteiger partial charge in [-0.05, 0) is 23.8 Å². The lowest BCUT2D eigenvalue weighted by molar-refractivity contribution is 0.311. The highest BCUT2D eigenvalue weighted by Crippen LogP contribution is 2.30. The average molecular weight is 295 g/mol. The maximum Gasteiger partial charge on any atom is 0.127 e. The number of rotatable bonds is 5. The van der Waals surface area contributed by atoms with E-state index in [0.29, 0.717) is 13.2 Å². The van der Waals surface area contributed by atoms with E-state index < -0.39 is 0 Å². The topological polar surface area (TPSA) is 35.2 Å². The predicted molar refractivity (Wildman–Crippen MR) is 88.4 cm³/mol. The first-order chi connectivity index (χ1) is 10.4. The molecule has 2 nitrogen and oxygen atoms in total. The van der Waals surface area contributed by atoms with Crippen molar-refractivity contribution in [2.24, 2.45) is 5.73 Å². The lowest BCUT2D eigenvalue weighted by Crippen LogP contribution is -1.95. The maximum atomic E-state index is 6.01. The van der Waals surface area contributed by atoms with Crippen LogP contribution < -0.4 is 10.5 Å². The molecule has 1 heterocycles. The van der Waals surface area contributed by atoms with E-state index in [0.717, 1.165) is 11.3 Å². The Morgan fingerprint density at radius 3 is 2.29 bits per heavy atom. The predicted octanol–water partition coefficient (Wildman–Crippen LogP) is 4.45. The molecule has 0 atom stereocenters. The standard InChI is InChI=1S/C18H17NOS/c19-12-15-10-11-16(21-15)13-20-18-9-5-4-8-17(18)14-6-2-1-3-7-14/h1-11H,12-13,19H2. The number of benzene rings is 2. The monoisotopic (exact) mass is 295 g/mol. The minimum absolute atomic E-state index is 0.578. The Kier molecular flexibility index (Phi) is 4.34. The quantitative estimate of drug-likeness (QED) is 0.754. The zero-order chi connectivity index (χ0) is 14.5. The van der Waals surface area contributed by atoms with Crippen molar-refractivity contribution in [2.75, 3.05) is 0 Å².